The van der Waals surface area contributed by atoms with Gasteiger partial charge in [0.15, 0.2) is 0 Å². The van der Waals surface area contributed by atoms with Crippen LogP contribution in [0.5, 0.6) is 11.5 Å². The van der Waals surface area contributed by atoms with Gasteiger partial charge >= 0.3 is 5.97 Å². The molecule has 0 aliphatic carbocycles. The second-order valence-electron chi connectivity index (χ2n) is 6.82. The smallest absolute Gasteiger partial charge is 0.338 e. The molecule has 4 rings (SSSR count). The third kappa shape index (κ3) is 4.09. The van der Waals surface area contributed by atoms with Crippen LogP contribution < -0.4 is 10.3 Å². The van der Waals surface area contributed by atoms with E-state index in [0.717, 1.165) is 0 Å². The number of rotatable bonds is 5. The number of methoxy groups -OCH3 is 1. The van der Waals surface area contributed by atoms with Crippen molar-refractivity contribution in [3.8, 4) is 33.9 Å². The molecule has 6 heteroatoms. The van der Waals surface area contributed by atoms with Crippen LogP contribution in [0.4, 0.5) is 0 Å². The molecule has 31 heavy (non-hydrogen) atoms. The van der Waals surface area contributed by atoms with Crippen LogP contribution in [-0.4, -0.2) is 22.9 Å². The number of hydrogen-bond donors (Lipinski definition) is 0. The quantitative estimate of drug-likeness (QED) is 0.445. The molecule has 0 saturated carbocycles. The molecule has 1 heterocycles. The molecule has 4 aromatic rings. The van der Waals surface area contributed by atoms with Crippen molar-refractivity contribution in [3.63, 3.8) is 0 Å². The van der Waals surface area contributed by atoms with E-state index in [9.17, 15) is 9.59 Å². The Morgan fingerprint density at radius 1 is 0.839 bits per heavy atom. The first-order valence-corrected chi connectivity index (χ1v) is 9.67. The highest BCUT2D eigenvalue weighted by Gasteiger charge is 2.20. The lowest BCUT2D eigenvalue weighted by molar-refractivity contribution is 0.0601. The summed E-state index contributed by atoms with van der Waals surface area (Å²) < 4.78 is 12.3. The highest BCUT2D eigenvalue weighted by molar-refractivity contribution is 5.99. The average Bonchev–Trinajstić information content (AvgIpc) is 2.81. The van der Waals surface area contributed by atoms with E-state index in [1.165, 1.54) is 17.9 Å². The predicted molar refractivity (Wildman–Crippen MR) is 118 cm³/mol. The number of carbonyl (C=O) groups is 1. The Hall–Kier alpha value is -4.19. The van der Waals surface area contributed by atoms with Crippen molar-refractivity contribution in [2.45, 2.75) is 0 Å². The van der Waals surface area contributed by atoms with Crippen molar-refractivity contribution in [2.75, 3.05) is 7.11 Å². The SMILES string of the molecule is COC(=O)c1ccccc1-c1cc(=O)n(C)nc1-c1ccccc1Oc1ccccc1. The molecular formula is C25H20N2O4. The van der Waals surface area contributed by atoms with E-state index in [0.29, 0.717) is 39.4 Å². The number of hydrogen-bond acceptors (Lipinski definition) is 5. The minimum atomic E-state index is -0.490. The van der Waals surface area contributed by atoms with Crippen molar-refractivity contribution in [1.82, 2.24) is 9.78 Å². The number of carbonyl (C=O) groups excluding carboxylic acids is 1. The summed E-state index contributed by atoms with van der Waals surface area (Å²) in [5.41, 5.74) is 2.35. The summed E-state index contributed by atoms with van der Waals surface area (Å²) in [5, 5.41) is 4.52. The Bertz CT molecular complexity index is 1300. The molecule has 0 radical (unpaired) electrons. The van der Waals surface area contributed by atoms with E-state index in [4.69, 9.17) is 9.47 Å². The first-order chi connectivity index (χ1) is 15.1. The minimum Gasteiger partial charge on any atom is -0.465 e. The average molecular weight is 412 g/mol. The predicted octanol–water partition coefficient (Wildman–Crippen LogP) is 4.69. The van der Waals surface area contributed by atoms with E-state index in [1.54, 1.807) is 31.3 Å². The Labute approximate surface area is 179 Å². The summed E-state index contributed by atoms with van der Waals surface area (Å²) in [6.07, 6.45) is 0. The third-order valence-electron chi connectivity index (χ3n) is 4.83. The molecular weight excluding hydrogens is 392 g/mol. The van der Waals surface area contributed by atoms with Gasteiger partial charge in [0.25, 0.3) is 5.56 Å². The summed E-state index contributed by atoms with van der Waals surface area (Å²) in [7, 11) is 2.91. The molecule has 1 aromatic heterocycles. The molecule has 0 spiro atoms. The molecule has 0 atom stereocenters. The van der Waals surface area contributed by atoms with Crippen LogP contribution in [0.25, 0.3) is 22.4 Å². The number of benzene rings is 3. The van der Waals surface area contributed by atoms with Crippen LogP contribution in [0, 0.1) is 0 Å². The zero-order valence-corrected chi connectivity index (χ0v) is 17.1. The van der Waals surface area contributed by atoms with Crippen molar-refractivity contribution in [2.24, 2.45) is 7.05 Å². The van der Waals surface area contributed by atoms with Crippen LogP contribution in [-0.2, 0) is 11.8 Å². The molecule has 0 bridgehead atoms. The zero-order chi connectivity index (χ0) is 21.8. The van der Waals surface area contributed by atoms with Gasteiger partial charge in [-0.1, -0.05) is 48.5 Å². The standard InChI is InChI=1S/C25H20N2O4/c1-27-23(28)16-21(18-12-6-7-13-19(18)25(29)30-2)24(26-27)20-14-8-9-15-22(20)31-17-10-4-3-5-11-17/h3-16H,1-2H3. The van der Waals surface area contributed by atoms with E-state index >= 15 is 0 Å². The Morgan fingerprint density at radius 3 is 2.23 bits per heavy atom. The first kappa shape index (κ1) is 20.1. The van der Waals surface area contributed by atoms with Gasteiger partial charge in [-0.25, -0.2) is 9.48 Å². The van der Waals surface area contributed by atoms with Crippen molar-refractivity contribution in [1.29, 1.82) is 0 Å². The van der Waals surface area contributed by atoms with Gasteiger partial charge in [0.2, 0.25) is 0 Å². The Balaban J connectivity index is 1.94. The van der Waals surface area contributed by atoms with Gasteiger partial charge in [0.1, 0.15) is 17.2 Å². The number of ether oxygens (including phenoxy) is 2. The fourth-order valence-electron chi connectivity index (χ4n) is 3.32. The lowest BCUT2D eigenvalue weighted by Crippen LogP contribution is -2.20. The van der Waals surface area contributed by atoms with E-state index < -0.39 is 5.97 Å². The van der Waals surface area contributed by atoms with Gasteiger partial charge in [0.05, 0.1) is 12.7 Å². The highest BCUT2D eigenvalue weighted by Crippen LogP contribution is 2.38. The summed E-state index contributed by atoms with van der Waals surface area (Å²) in [6, 6.07) is 25.3. The second kappa shape index (κ2) is 8.67. The number of aromatic nitrogens is 2. The fourth-order valence-corrected chi connectivity index (χ4v) is 3.32. The van der Waals surface area contributed by atoms with Gasteiger partial charge in [-0.05, 0) is 35.9 Å². The molecule has 0 aliphatic heterocycles. The molecule has 154 valence electrons. The third-order valence-corrected chi connectivity index (χ3v) is 4.83. The van der Waals surface area contributed by atoms with Crippen molar-refractivity contribution < 1.29 is 14.3 Å². The van der Waals surface area contributed by atoms with E-state index in [1.807, 2.05) is 54.6 Å². The maximum Gasteiger partial charge on any atom is 0.338 e. The Morgan fingerprint density at radius 2 is 1.48 bits per heavy atom. The fraction of sp³-hybridized carbons (Fsp3) is 0.0800. The number of esters is 1. The lowest BCUT2D eigenvalue weighted by Gasteiger charge is -2.16. The van der Waals surface area contributed by atoms with E-state index in [2.05, 4.69) is 5.10 Å². The van der Waals surface area contributed by atoms with Gasteiger partial charge in [-0.2, -0.15) is 5.10 Å². The highest BCUT2D eigenvalue weighted by atomic mass is 16.5. The van der Waals surface area contributed by atoms with Crippen molar-refractivity contribution >= 4 is 5.97 Å². The summed E-state index contributed by atoms with van der Waals surface area (Å²) in [5.74, 6) is 0.768. The minimum absolute atomic E-state index is 0.292. The lowest BCUT2D eigenvalue weighted by atomic mass is 9.95. The summed E-state index contributed by atoms with van der Waals surface area (Å²) in [4.78, 5) is 24.8. The number of aryl methyl sites for hydroxylation is 1. The maximum atomic E-state index is 12.5. The molecule has 0 aliphatic rings. The van der Waals surface area contributed by atoms with Gasteiger partial charge < -0.3 is 9.47 Å². The summed E-state index contributed by atoms with van der Waals surface area (Å²) >= 11 is 0. The van der Waals surface area contributed by atoms with E-state index in [-0.39, 0.29) is 5.56 Å². The molecule has 0 amide bonds. The van der Waals surface area contributed by atoms with Gasteiger partial charge in [0, 0.05) is 24.2 Å². The molecule has 0 unspecified atom stereocenters. The second-order valence-corrected chi connectivity index (χ2v) is 6.82. The molecule has 0 fully saturated rings. The molecule has 3 aromatic carbocycles. The van der Waals surface area contributed by atoms with Crippen LogP contribution >= 0.6 is 0 Å². The van der Waals surface area contributed by atoms with Crippen LogP contribution in [0.3, 0.4) is 0 Å². The first-order valence-electron chi connectivity index (χ1n) is 9.67. The van der Waals surface area contributed by atoms with Gasteiger partial charge in [-0.15, -0.1) is 0 Å². The number of para-hydroxylation sites is 2. The zero-order valence-electron chi connectivity index (χ0n) is 17.1. The van der Waals surface area contributed by atoms with Crippen molar-refractivity contribution in [3.05, 3.63) is 101 Å². The monoisotopic (exact) mass is 412 g/mol. The summed E-state index contributed by atoms with van der Waals surface area (Å²) in [6.45, 7) is 0. The molecule has 0 saturated heterocycles. The van der Waals surface area contributed by atoms with Crippen LogP contribution in [0.1, 0.15) is 10.4 Å². The largest absolute Gasteiger partial charge is 0.465 e. The molecule has 0 N–H and O–H groups in total. The van der Waals surface area contributed by atoms with Crippen LogP contribution in [0.15, 0.2) is 89.7 Å². The topological polar surface area (TPSA) is 70.4 Å². The van der Waals surface area contributed by atoms with Gasteiger partial charge in [-0.3, -0.25) is 4.79 Å². The Kier molecular flexibility index (Phi) is 5.62. The maximum absolute atomic E-state index is 12.5. The molecule has 6 nitrogen and oxygen atoms in total. The van der Waals surface area contributed by atoms with Crippen LogP contribution in [0.2, 0.25) is 0 Å². The normalized spacial score (nSPS) is 10.5. The number of nitrogens with zero attached hydrogens (tertiary/aromatic N) is 2.